The van der Waals surface area contributed by atoms with Crippen LogP contribution in [0.3, 0.4) is 0 Å². The Hall–Kier alpha value is -1.03. The fourth-order valence-corrected chi connectivity index (χ4v) is 2.90. The second-order valence-electron chi connectivity index (χ2n) is 5.28. The first kappa shape index (κ1) is 14.4. The molecule has 2 atom stereocenters. The van der Waals surface area contributed by atoms with Crippen LogP contribution in [0.1, 0.15) is 43.7 Å². The fraction of sp³-hybridized carbons (Fsp3) is 0.600. The predicted octanol–water partition coefficient (Wildman–Crippen LogP) is 4.37. The third kappa shape index (κ3) is 3.72. The first-order valence-corrected chi connectivity index (χ1v) is 6.90. The molecule has 1 fully saturated rings. The van der Waals surface area contributed by atoms with E-state index in [1.165, 1.54) is 25.0 Å². The van der Waals surface area contributed by atoms with Crippen LogP contribution < -0.4 is 5.32 Å². The third-order valence-corrected chi connectivity index (χ3v) is 4.01. The SMILES string of the molecule is CCC1CCCC1NCc1cccc(C(F)(F)F)c1. The molecule has 1 aliphatic carbocycles. The van der Waals surface area contributed by atoms with Gasteiger partial charge in [0.1, 0.15) is 0 Å². The van der Waals surface area contributed by atoms with Gasteiger partial charge in [-0.05, 0) is 30.4 Å². The lowest BCUT2D eigenvalue weighted by atomic mass is 10.0. The topological polar surface area (TPSA) is 12.0 Å². The molecule has 0 amide bonds. The van der Waals surface area contributed by atoms with E-state index in [0.29, 0.717) is 24.1 Å². The van der Waals surface area contributed by atoms with E-state index in [1.54, 1.807) is 6.07 Å². The van der Waals surface area contributed by atoms with E-state index in [9.17, 15) is 13.2 Å². The van der Waals surface area contributed by atoms with Crippen LogP contribution >= 0.6 is 0 Å². The molecule has 106 valence electrons. The summed E-state index contributed by atoms with van der Waals surface area (Å²) in [5.74, 6) is 0.672. The minimum absolute atomic E-state index is 0.458. The summed E-state index contributed by atoms with van der Waals surface area (Å²) in [6.07, 6.45) is 0.475. The first-order chi connectivity index (χ1) is 9.00. The van der Waals surface area contributed by atoms with Crippen LogP contribution in [0, 0.1) is 5.92 Å². The van der Waals surface area contributed by atoms with Gasteiger partial charge in [0.15, 0.2) is 0 Å². The van der Waals surface area contributed by atoms with Crippen molar-refractivity contribution in [2.75, 3.05) is 0 Å². The number of rotatable bonds is 4. The lowest BCUT2D eigenvalue weighted by Gasteiger charge is -2.20. The van der Waals surface area contributed by atoms with Crippen molar-refractivity contribution < 1.29 is 13.2 Å². The molecule has 19 heavy (non-hydrogen) atoms. The second-order valence-corrected chi connectivity index (χ2v) is 5.28. The van der Waals surface area contributed by atoms with Gasteiger partial charge in [0, 0.05) is 12.6 Å². The zero-order valence-corrected chi connectivity index (χ0v) is 11.1. The number of halogens is 3. The molecule has 0 bridgehead atoms. The maximum absolute atomic E-state index is 12.6. The largest absolute Gasteiger partial charge is 0.416 e. The van der Waals surface area contributed by atoms with Gasteiger partial charge in [0.25, 0.3) is 0 Å². The Kier molecular flexibility index (Phi) is 4.50. The number of benzene rings is 1. The van der Waals surface area contributed by atoms with E-state index < -0.39 is 11.7 Å². The summed E-state index contributed by atoms with van der Waals surface area (Å²) in [6.45, 7) is 2.69. The lowest BCUT2D eigenvalue weighted by Crippen LogP contribution is -2.31. The van der Waals surface area contributed by atoms with Crippen LogP contribution in [-0.4, -0.2) is 6.04 Å². The molecule has 0 aromatic heterocycles. The minimum atomic E-state index is -4.25. The average Bonchev–Trinajstić information content (AvgIpc) is 2.83. The molecule has 4 heteroatoms. The molecular formula is C15H20F3N. The third-order valence-electron chi connectivity index (χ3n) is 4.01. The summed E-state index contributed by atoms with van der Waals surface area (Å²) in [5.41, 5.74) is 0.141. The highest BCUT2D eigenvalue weighted by molar-refractivity contribution is 5.25. The van der Waals surface area contributed by atoms with E-state index in [2.05, 4.69) is 12.2 Å². The maximum atomic E-state index is 12.6. The highest BCUT2D eigenvalue weighted by atomic mass is 19.4. The van der Waals surface area contributed by atoms with Gasteiger partial charge in [-0.15, -0.1) is 0 Å². The lowest BCUT2D eigenvalue weighted by molar-refractivity contribution is -0.137. The van der Waals surface area contributed by atoms with Gasteiger partial charge in [-0.2, -0.15) is 13.2 Å². The summed E-state index contributed by atoms with van der Waals surface area (Å²) < 4.78 is 37.8. The van der Waals surface area contributed by atoms with Gasteiger partial charge < -0.3 is 5.32 Å². The van der Waals surface area contributed by atoms with Gasteiger partial charge in [0.05, 0.1) is 5.56 Å². The van der Waals surface area contributed by atoms with Crippen LogP contribution in [0.5, 0.6) is 0 Å². The number of hydrogen-bond acceptors (Lipinski definition) is 1. The van der Waals surface area contributed by atoms with Crippen molar-refractivity contribution in [3.63, 3.8) is 0 Å². The molecule has 1 saturated carbocycles. The van der Waals surface area contributed by atoms with Gasteiger partial charge in [-0.3, -0.25) is 0 Å². The average molecular weight is 271 g/mol. The summed E-state index contributed by atoms with van der Waals surface area (Å²) in [4.78, 5) is 0. The van der Waals surface area contributed by atoms with Crippen molar-refractivity contribution in [3.05, 3.63) is 35.4 Å². The molecule has 2 rings (SSSR count). The van der Waals surface area contributed by atoms with E-state index in [1.807, 2.05) is 0 Å². The molecule has 1 aromatic rings. The minimum Gasteiger partial charge on any atom is -0.310 e. The normalized spacial score (nSPS) is 23.8. The van der Waals surface area contributed by atoms with Crippen LogP contribution in [0.15, 0.2) is 24.3 Å². The quantitative estimate of drug-likeness (QED) is 0.857. The number of nitrogens with one attached hydrogen (secondary N) is 1. The van der Waals surface area contributed by atoms with Crippen molar-refractivity contribution in [1.29, 1.82) is 0 Å². The molecule has 0 aliphatic heterocycles. The first-order valence-electron chi connectivity index (χ1n) is 6.90. The number of alkyl halides is 3. The van der Waals surface area contributed by atoms with Gasteiger partial charge in [0.2, 0.25) is 0 Å². The summed E-state index contributed by atoms with van der Waals surface area (Å²) >= 11 is 0. The van der Waals surface area contributed by atoms with Crippen molar-refractivity contribution in [2.45, 2.75) is 51.4 Å². The second kappa shape index (κ2) is 5.95. The van der Waals surface area contributed by atoms with Crippen molar-refractivity contribution in [2.24, 2.45) is 5.92 Å². The zero-order valence-electron chi connectivity index (χ0n) is 11.1. The molecule has 1 aromatic carbocycles. The highest BCUT2D eigenvalue weighted by Crippen LogP contribution is 2.30. The van der Waals surface area contributed by atoms with Crippen molar-refractivity contribution in [3.8, 4) is 0 Å². The molecule has 0 spiro atoms. The maximum Gasteiger partial charge on any atom is 0.416 e. The summed E-state index contributed by atoms with van der Waals surface area (Å²) in [6, 6.07) is 6.04. The van der Waals surface area contributed by atoms with Gasteiger partial charge in [-0.25, -0.2) is 0 Å². The van der Waals surface area contributed by atoms with Crippen LogP contribution in [0.2, 0.25) is 0 Å². The van der Waals surface area contributed by atoms with Crippen molar-refractivity contribution in [1.82, 2.24) is 5.32 Å². The Morgan fingerprint density at radius 3 is 2.74 bits per heavy atom. The monoisotopic (exact) mass is 271 g/mol. The van der Waals surface area contributed by atoms with Gasteiger partial charge in [-0.1, -0.05) is 38.0 Å². The van der Waals surface area contributed by atoms with Crippen molar-refractivity contribution >= 4 is 0 Å². The smallest absolute Gasteiger partial charge is 0.310 e. The molecule has 0 saturated heterocycles. The predicted molar refractivity (Wildman–Crippen MR) is 69.7 cm³/mol. The van der Waals surface area contributed by atoms with E-state index in [4.69, 9.17) is 0 Å². The van der Waals surface area contributed by atoms with Crippen LogP contribution in [-0.2, 0) is 12.7 Å². The molecule has 1 aliphatic rings. The zero-order chi connectivity index (χ0) is 13.9. The standard InChI is InChI=1S/C15H20F3N/c1-2-12-6-4-8-14(12)19-10-11-5-3-7-13(9-11)15(16,17)18/h3,5,7,9,12,14,19H,2,4,6,8,10H2,1H3. The Morgan fingerprint density at radius 1 is 1.26 bits per heavy atom. The van der Waals surface area contributed by atoms with E-state index in [0.717, 1.165) is 18.9 Å². The summed E-state index contributed by atoms with van der Waals surface area (Å²) in [5, 5.41) is 3.41. The Bertz CT molecular complexity index is 414. The van der Waals surface area contributed by atoms with Crippen LogP contribution in [0.25, 0.3) is 0 Å². The molecule has 0 heterocycles. The Labute approximate surface area is 112 Å². The summed E-state index contributed by atoms with van der Waals surface area (Å²) in [7, 11) is 0. The highest BCUT2D eigenvalue weighted by Gasteiger charge is 2.30. The van der Waals surface area contributed by atoms with Crippen LogP contribution in [0.4, 0.5) is 13.2 Å². The van der Waals surface area contributed by atoms with E-state index >= 15 is 0 Å². The Morgan fingerprint density at radius 2 is 2.05 bits per heavy atom. The fourth-order valence-electron chi connectivity index (χ4n) is 2.90. The molecular weight excluding hydrogens is 251 g/mol. The number of hydrogen-bond donors (Lipinski definition) is 1. The van der Waals surface area contributed by atoms with E-state index in [-0.39, 0.29) is 0 Å². The molecule has 1 N–H and O–H groups in total. The molecule has 0 radical (unpaired) electrons. The Balaban J connectivity index is 1.96. The molecule has 1 nitrogen and oxygen atoms in total. The molecule has 2 unspecified atom stereocenters. The van der Waals surface area contributed by atoms with Gasteiger partial charge >= 0.3 is 6.18 Å².